The molecule has 1 rings (SSSR count). The van der Waals surface area contributed by atoms with Gasteiger partial charge in [-0.2, -0.15) is 0 Å². The number of nitrogens with zero attached hydrogens (tertiary/aromatic N) is 1. The van der Waals surface area contributed by atoms with Gasteiger partial charge in [-0.05, 0) is 35.0 Å². The summed E-state index contributed by atoms with van der Waals surface area (Å²) >= 11 is 5.87. The normalized spacial score (nSPS) is 10.3. The summed E-state index contributed by atoms with van der Waals surface area (Å²) in [5.74, 6) is 0.682. The summed E-state index contributed by atoms with van der Waals surface area (Å²) in [5.41, 5.74) is 0.738. The summed E-state index contributed by atoms with van der Waals surface area (Å²) in [4.78, 5) is 9.81. The maximum absolute atomic E-state index is 9.81. The number of benzene rings is 1. The predicted molar refractivity (Wildman–Crippen MR) is 52.8 cm³/mol. The van der Waals surface area contributed by atoms with Gasteiger partial charge in [-0.1, -0.05) is 11.6 Å². The molecular formula is C9H8ClNO2. The SMILES string of the molecule is COc1ccc(/C=C/N=O)c(Cl)c1. The molecule has 3 nitrogen and oxygen atoms in total. The molecule has 68 valence electrons. The van der Waals surface area contributed by atoms with Crippen LogP contribution < -0.4 is 4.74 Å². The summed E-state index contributed by atoms with van der Waals surface area (Å²) < 4.78 is 4.96. The Labute approximate surface area is 80.9 Å². The fourth-order valence-electron chi connectivity index (χ4n) is 0.881. The highest BCUT2D eigenvalue weighted by atomic mass is 35.5. The second kappa shape index (κ2) is 4.62. The molecular weight excluding hydrogens is 190 g/mol. The quantitative estimate of drug-likeness (QED) is 0.699. The number of hydrogen-bond acceptors (Lipinski definition) is 3. The number of hydrogen-bond donors (Lipinski definition) is 0. The van der Waals surface area contributed by atoms with Crippen LogP contribution in [0.4, 0.5) is 0 Å². The van der Waals surface area contributed by atoms with E-state index in [1.54, 1.807) is 25.3 Å². The molecule has 0 aliphatic heterocycles. The van der Waals surface area contributed by atoms with E-state index in [9.17, 15) is 4.91 Å². The van der Waals surface area contributed by atoms with Crippen molar-refractivity contribution in [1.82, 2.24) is 0 Å². The average molecular weight is 198 g/mol. The number of rotatable bonds is 3. The van der Waals surface area contributed by atoms with E-state index in [-0.39, 0.29) is 0 Å². The molecule has 0 fully saturated rings. The van der Waals surface area contributed by atoms with E-state index in [0.717, 1.165) is 11.8 Å². The van der Waals surface area contributed by atoms with E-state index in [4.69, 9.17) is 16.3 Å². The maximum Gasteiger partial charge on any atom is 0.120 e. The van der Waals surface area contributed by atoms with Gasteiger partial charge in [0.2, 0.25) is 0 Å². The van der Waals surface area contributed by atoms with Crippen LogP contribution in [0, 0.1) is 4.91 Å². The second-order valence-corrected chi connectivity index (χ2v) is 2.72. The molecule has 1 aromatic carbocycles. The van der Waals surface area contributed by atoms with Crippen molar-refractivity contribution in [3.8, 4) is 5.75 Å². The van der Waals surface area contributed by atoms with Crippen molar-refractivity contribution in [2.24, 2.45) is 5.18 Å². The summed E-state index contributed by atoms with van der Waals surface area (Å²) in [7, 11) is 1.56. The number of ether oxygens (including phenoxy) is 1. The molecule has 0 N–H and O–H groups in total. The molecule has 0 radical (unpaired) electrons. The van der Waals surface area contributed by atoms with Crippen LogP contribution in [-0.2, 0) is 0 Å². The van der Waals surface area contributed by atoms with Crippen LogP contribution in [0.2, 0.25) is 5.02 Å². The summed E-state index contributed by atoms with van der Waals surface area (Å²) in [5, 5.41) is 3.12. The molecule has 0 unspecified atom stereocenters. The van der Waals surface area contributed by atoms with Gasteiger partial charge in [0.1, 0.15) is 5.75 Å². The first-order valence-electron chi connectivity index (χ1n) is 3.60. The molecule has 0 amide bonds. The number of halogens is 1. The Kier molecular flexibility index (Phi) is 3.46. The van der Waals surface area contributed by atoms with Crippen molar-refractivity contribution in [1.29, 1.82) is 0 Å². The van der Waals surface area contributed by atoms with Crippen LogP contribution in [0.3, 0.4) is 0 Å². The number of methoxy groups -OCH3 is 1. The predicted octanol–water partition coefficient (Wildman–Crippen LogP) is 3.09. The average Bonchev–Trinajstić information content (AvgIpc) is 2.16. The monoisotopic (exact) mass is 197 g/mol. The van der Waals surface area contributed by atoms with Crippen LogP contribution in [0.25, 0.3) is 6.08 Å². The van der Waals surface area contributed by atoms with E-state index >= 15 is 0 Å². The molecule has 0 heterocycles. The van der Waals surface area contributed by atoms with Crippen molar-refractivity contribution in [2.75, 3.05) is 7.11 Å². The Morgan fingerprint density at radius 3 is 2.85 bits per heavy atom. The molecule has 0 aromatic heterocycles. The highest BCUT2D eigenvalue weighted by Gasteiger charge is 1.98. The van der Waals surface area contributed by atoms with Crippen LogP contribution >= 0.6 is 11.6 Å². The molecule has 0 aliphatic rings. The van der Waals surface area contributed by atoms with Gasteiger partial charge in [-0.25, -0.2) is 0 Å². The minimum atomic E-state index is 0.527. The van der Waals surface area contributed by atoms with Gasteiger partial charge < -0.3 is 4.74 Å². The highest BCUT2D eigenvalue weighted by molar-refractivity contribution is 6.32. The van der Waals surface area contributed by atoms with E-state index in [0.29, 0.717) is 10.8 Å². The van der Waals surface area contributed by atoms with Gasteiger partial charge in [-0.15, -0.1) is 4.91 Å². The van der Waals surface area contributed by atoms with E-state index in [1.807, 2.05) is 0 Å². The molecule has 0 saturated carbocycles. The van der Waals surface area contributed by atoms with Gasteiger partial charge >= 0.3 is 0 Å². The van der Waals surface area contributed by atoms with Gasteiger partial charge in [0, 0.05) is 0 Å². The van der Waals surface area contributed by atoms with E-state index < -0.39 is 0 Å². The van der Waals surface area contributed by atoms with Crippen molar-refractivity contribution < 1.29 is 4.74 Å². The third-order valence-corrected chi connectivity index (χ3v) is 1.85. The minimum absolute atomic E-state index is 0.527. The van der Waals surface area contributed by atoms with Crippen LogP contribution in [0.15, 0.2) is 29.6 Å². The van der Waals surface area contributed by atoms with Crippen molar-refractivity contribution in [3.63, 3.8) is 0 Å². The molecule has 0 saturated heterocycles. The van der Waals surface area contributed by atoms with Crippen LogP contribution in [0.5, 0.6) is 5.75 Å². The zero-order valence-electron chi connectivity index (χ0n) is 7.03. The topological polar surface area (TPSA) is 38.7 Å². The Morgan fingerprint density at radius 2 is 2.31 bits per heavy atom. The van der Waals surface area contributed by atoms with Crippen molar-refractivity contribution >= 4 is 17.7 Å². The standard InChI is InChI=1S/C9H8ClNO2/c1-13-8-3-2-7(4-5-11-12)9(10)6-8/h2-6H,1H3/b5-4+. The maximum atomic E-state index is 9.81. The van der Waals surface area contributed by atoms with E-state index in [2.05, 4.69) is 5.18 Å². The largest absolute Gasteiger partial charge is 0.497 e. The lowest BCUT2D eigenvalue weighted by atomic mass is 10.2. The summed E-state index contributed by atoms with van der Waals surface area (Å²) in [6.07, 6.45) is 2.68. The van der Waals surface area contributed by atoms with Gasteiger partial charge in [-0.3, -0.25) is 0 Å². The fraction of sp³-hybridized carbons (Fsp3) is 0.111. The first-order chi connectivity index (χ1) is 6.27. The molecule has 0 atom stereocenters. The summed E-state index contributed by atoms with van der Waals surface area (Å²) in [6, 6.07) is 5.19. The van der Waals surface area contributed by atoms with Crippen molar-refractivity contribution in [3.05, 3.63) is 39.9 Å². The Morgan fingerprint density at radius 1 is 1.54 bits per heavy atom. The highest BCUT2D eigenvalue weighted by Crippen LogP contribution is 2.23. The van der Waals surface area contributed by atoms with Crippen LogP contribution in [0.1, 0.15) is 5.56 Å². The molecule has 0 aliphatic carbocycles. The van der Waals surface area contributed by atoms with Gasteiger partial charge in [0.15, 0.2) is 0 Å². The third-order valence-electron chi connectivity index (χ3n) is 1.52. The second-order valence-electron chi connectivity index (χ2n) is 2.31. The van der Waals surface area contributed by atoms with E-state index in [1.165, 1.54) is 6.08 Å². The zero-order chi connectivity index (χ0) is 9.68. The smallest absolute Gasteiger partial charge is 0.120 e. The van der Waals surface area contributed by atoms with Crippen LogP contribution in [-0.4, -0.2) is 7.11 Å². The van der Waals surface area contributed by atoms with Crippen molar-refractivity contribution in [2.45, 2.75) is 0 Å². The van der Waals surface area contributed by atoms with Gasteiger partial charge in [0.25, 0.3) is 0 Å². The minimum Gasteiger partial charge on any atom is -0.497 e. The first kappa shape index (κ1) is 9.74. The molecule has 1 aromatic rings. The first-order valence-corrected chi connectivity index (χ1v) is 3.98. The summed E-state index contributed by atoms with van der Waals surface area (Å²) in [6.45, 7) is 0. The third kappa shape index (κ3) is 2.56. The Balaban J connectivity index is 2.98. The Bertz CT molecular complexity index is 336. The molecule has 4 heteroatoms. The number of nitroso groups, excluding NO2 is 1. The molecule has 0 bridgehead atoms. The lowest BCUT2D eigenvalue weighted by Crippen LogP contribution is -1.83. The molecule has 0 spiro atoms. The van der Waals surface area contributed by atoms with Gasteiger partial charge in [0.05, 0.1) is 18.3 Å². The Hall–Kier alpha value is -1.35. The zero-order valence-corrected chi connectivity index (χ0v) is 7.78. The lowest BCUT2D eigenvalue weighted by Gasteiger charge is -2.01. The fourth-order valence-corrected chi connectivity index (χ4v) is 1.11. The lowest BCUT2D eigenvalue weighted by molar-refractivity contribution is 0.415. The molecule has 13 heavy (non-hydrogen) atoms.